The molecule has 0 bridgehead atoms. The van der Waals surface area contributed by atoms with E-state index < -0.39 is 47.5 Å². The number of cyclic esters (lactones) is 2. The van der Waals surface area contributed by atoms with Crippen LogP contribution in [0.15, 0.2) is 141 Å². The number of nitrogens with zero attached hydrogens (tertiary/aromatic N) is 2. The fourth-order valence-electron chi connectivity index (χ4n) is 6.67. The predicted molar refractivity (Wildman–Crippen MR) is 290 cm³/mol. The van der Waals surface area contributed by atoms with Crippen molar-refractivity contribution in [3.05, 3.63) is 163 Å². The number of esters is 4. The smallest absolute Gasteiger partial charge is 0.408 e. The number of amides is 3. The maximum Gasteiger partial charge on any atom is 0.408 e. The number of aliphatic imine (C=N–C) groups is 2. The summed E-state index contributed by atoms with van der Waals surface area (Å²) in [4.78, 5) is 95.2. The van der Waals surface area contributed by atoms with Crippen LogP contribution in [0.3, 0.4) is 0 Å². The maximum absolute atomic E-state index is 12.5. The molecule has 0 unspecified atom stereocenters. The van der Waals surface area contributed by atoms with Crippen molar-refractivity contribution < 1.29 is 66.7 Å². The third-order valence-corrected chi connectivity index (χ3v) is 12.2. The highest BCUT2D eigenvalue weighted by Crippen LogP contribution is 2.33. The van der Waals surface area contributed by atoms with Gasteiger partial charge in [0, 0.05) is 28.4 Å². The van der Waals surface area contributed by atoms with Gasteiger partial charge >= 0.3 is 30.0 Å². The number of hydrogen-bond donors (Lipinski definition) is 3. The van der Waals surface area contributed by atoms with E-state index in [0.29, 0.717) is 54.9 Å². The standard InChI is InChI=1S/C30H29N3O8S.C26H22N2O6S/c1-17(31-29(37)41-30(2,3)4)25(34)32-20-11-9-19(10-12-20)26-33-21(27(35)40-26)15-18-8-13-22(23(16-18)38-5)39-28(36)24-7-6-14-42-24;1-15(2)23(29)27-18-9-7-17(8-10-18)24-28-19(25(30)34-24)13-16-6-11-20(21(14-16)32-3)33-26(31)22-5-4-12-35-22/h6-17H,1-5H3,(H,31,37)(H,32,34);4-15H,1-3H3,(H,27,29)/b21-15+;19-13+/t17-;/m0./s1. The molecular weight excluding hydrogens is 1030 g/mol. The summed E-state index contributed by atoms with van der Waals surface area (Å²) in [5, 5.41) is 11.6. The summed E-state index contributed by atoms with van der Waals surface area (Å²) in [5.41, 5.74) is 2.89. The highest BCUT2D eigenvalue weighted by atomic mass is 32.1. The molecule has 0 aliphatic carbocycles. The van der Waals surface area contributed by atoms with Crippen LogP contribution in [0.5, 0.6) is 23.0 Å². The molecule has 0 saturated carbocycles. The zero-order valence-electron chi connectivity index (χ0n) is 42.8. The minimum atomic E-state index is -0.840. The van der Waals surface area contributed by atoms with Crippen LogP contribution in [0.25, 0.3) is 12.2 Å². The number of alkyl carbamates (subject to hydrolysis) is 1. The molecule has 19 nitrogen and oxygen atoms in total. The molecule has 0 radical (unpaired) electrons. The van der Waals surface area contributed by atoms with Gasteiger partial charge in [0.05, 0.1) is 14.2 Å². The van der Waals surface area contributed by atoms with Crippen LogP contribution in [0, 0.1) is 5.92 Å². The van der Waals surface area contributed by atoms with Gasteiger partial charge in [-0.2, -0.15) is 0 Å². The van der Waals surface area contributed by atoms with Gasteiger partial charge in [0.25, 0.3) is 0 Å². The van der Waals surface area contributed by atoms with Crippen molar-refractivity contribution in [2.24, 2.45) is 15.9 Å². The van der Waals surface area contributed by atoms with E-state index in [1.807, 2.05) is 13.8 Å². The minimum Gasteiger partial charge on any atom is -0.493 e. The topological polar surface area (TPSA) is 245 Å². The summed E-state index contributed by atoms with van der Waals surface area (Å²) in [5.74, 6) is -1.49. The molecule has 6 aromatic rings. The maximum atomic E-state index is 12.5. The predicted octanol–water partition coefficient (Wildman–Crippen LogP) is 10.1. The Hall–Kier alpha value is -9.21. The number of thiophene rings is 2. The number of ether oxygens (including phenoxy) is 7. The number of nitrogens with one attached hydrogen (secondary N) is 3. The molecule has 2 aromatic heterocycles. The molecular formula is C56H51N5O14S2. The fourth-order valence-corrected chi connectivity index (χ4v) is 7.86. The van der Waals surface area contributed by atoms with Crippen molar-refractivity contribution in [1.29, 1.82) is 0 Å². The second kappa shape index (κ2) is 24.9. The first-order valence-corrected chi connectivity index (χ1v) is 25.3. The molecule has 3 N–H and O–H groups in total. The first kappa shape index (κ1) is 55.5. The summed E-state index contributed by atoms with van der Waals surface area (Å²) < 4.78 is 37.4. The third kappa shape index (κ3) is 15.2. The van der Waals surface area contributed by atoms with Crippen LogP contribution in [0.1, 0.15) is 83.1 Å². The number of carbonyl (C=O) groups excluding carboxylic acids is 7. The van der Waals surface area contributed by atoms with Crippen molar-refractivity contribution in [3.63, 3.8) is 0 Å². The molecule has 4 heterocycles. The largest absolute Gasteiger partial charge is 0.493 e. The Balaban J connectivity index is 0.000000227. The molecule has 21 heteroatoms. The Morgan fingerprint density at radius 1 is 0.584 bits per heavy atom. The Kier molecular flexibility index (Phi) is 17.9. The molecule has 0 spiro atoms. The van der Waals surface area contributed by atoms with Crippen molar-refractivity contribution in [3.8, 4) is 23.0 Å². The summed E-state index contributed by atoms with van der Waals surface area (Å²) in [6.07, 6.45) is 2.38. The van der Waals surface area contributed by atoms with Gasteiger partial charge in [0.1, 0.15) is 21.4 Å². The van der Waals surface area contributed by atoms with Crippen LogP contribution in [-0.2, 0) is 33.4 Å². The van der Waals surface area contributed by atoms with Crippen LogP contribution in [-0.4, -0.2) is 79.4 Å². The van der Waals surface area contributed by atoms with Crippen LogP contribution < -0.4 is 34.9 Å². The lowest BCUT2D eigenvalue weighted by Crippen LogP contribution is -2.43. The third-order valence-electron chi connectivity index (χ3n) is 10.5. The first-order chi connectivity index (χ1) is 36.7. The van der Waals surface area contributed by atoms with Gasteiger partial charge in [0.2, 0.25) is 23.6 Å². The van der Waals surface area contributed by atoms with Crippen molar-refractivity contribution in [2.75, 3.05) is 24.9 Å². The summed E-state index contributed by atoms with van der Waals surface area (Å²) >= 11 is 2.55. The van der Waals surface area contributed by atoms with E-state index in [2.05, 4.69) is 25.9 Å². The second-order valence-electron chi connectivity index (χ2n) is 17.9. The highest BCUT2D eigenvalue weighted by Gasteiger charge is 2.27. The quantitative estimate of drug-likeness (QED) is 0.0375. The summed E-state index contributed by atoms with van der Waals surface area (Å²) in [6.45, 7) is 10.3. The van der Waals surface area contributed by atoms with Gasteiger partial charge in [-0.3, -0.25) is 9.59 Å². The fraction of sp³-hybridized carbons (Fsp3) is 0.196. The zero-order chi connectivity index (χ0) is 55.4. The number of benzene rings is 4. The van der Waals surface area contributed by atoms with Crippen LogP contribution >= 0.6 is 22.7 Å². The van der Waals surface area contributed by atoms with Gasteiger partial charge in [-0.05, 0) is 147 Å². The van der Waals surface area contributed by atoms with Crippen LogP contribution in [0.4, 0.5) is 16.2 Å². The second-order valence-corrected chi connectivity index (χ2v) is 19.8. The Morgan fingerprint density at radius 3 is 1.39 bits per heavy atom. The van der Waals surface area contributed by atoms with E-state index in [-0.39, 0.29) is 46.5 Å². The molecule has 396 valence electrons. The molecule has 1 atom stereocenters. The van der Waals surface area contributed by atoms with Gasteiger partial charge in [-0.15, -0.1) is 22.7 Å². The molecule has 77 heavy (non-hydrogen) atoms. The SMILES string of the molecule is COc1cc(/C=C2/N=C(c3ccc(NC(=O)C(C)C)cc3)OC2=O)ccc1OC(=O)c1cccs1.COc1cc(/C=C2/N=C(c3ccc(NC(=O)[C@H](C)NC(=O)OC(C)(C)C)cc3)OC2=O)ccc1OC(=O)c1cccs1. The molecule has 2 aliphatic heterocycles. The zero-order valence-corrected chi connectivity index (χ0v) is 44.4. The lowest BCUT2D eigenvalue weighted by Gasteiger charge is -2.21. The number of hydrogen-bond acceptors (Lipinski definition) is 18. The molecule has 0 saturated heterocycles. The molecule has 2 aliphatic rings. The molecule has 3 amide bonds. The van der Waals surface area contributed by atoms with E-state index in [4.69, 9.17) is 33.2 Å². The van der Waals surface area contributed by atoms with E-state index in [1.165, 1.54) is 49.9 Å². The Labute approximate surface area is 450 Å². The van der Waals surface area contributed by atoms with E-state index in [1.54, 1.807) is 147 Å². The molecule has 8 rings (SSSR count). The molecule has 0 fully saturated rings. The van der Waals surface area contributed by atoms with Crippen LogP contribution in [0.2, 0.25) is 0 Å². The minimum absolute atomic E-state index is 0.0646. The van der Waals surface area contributed by atoms with Gasteiger partial charge in [0.15, 0.2) is 34.4 Å². The average molecular weight is 1080 g/mol. The summed E-state index contributed by atoms with van der Waals surface area (Å²) in [6, 6.07) is 29.1. The highest BCUT2D eigenvalue weighted by molar-refractivity contribution is 7.12. The van der Waals surface area contributed by atoms with Gasteiger partial charge < -0.3 is 49.1 Å². The lowest BCUT2D eigenvalue weighted by atomic mass is 10.1. The normalized spacial score (nSPS) is 14.2. The molecule has 4 aromatic carbocycles. The van der Waals surface area contributed by atoms with E-state index >= 15 is 0 Å². The monoisotopic (exact) mass is 1080 g/mol. The lowest BCUT2D eigenvalue weighted by molar-refractivity contribution is -0.130. The first-order valence-electron chi connectivity index (χ1n) is 23.5. The van der Waals surface area contributed by atoms with Crippen molar-refractivity contribution in [1.82, 2.24) is 5.32 Å². The number of carbonyl (C=O) groups is 7. The number of methoxy groups -OCH3 is 2. The number of anilines is 2. The van der Waals surface area contributed by atoms with E-state index in [9.17, 15) is 33.6 Å². The Morgan fingerprint density at radius 2 is 1.01 bits per heavy atom. The van der Waals surface area contributed by atoms with Gasteiger partial charge in [-0.1, -0.05) is 38.1 Å². The van der Waals surface area contributed by atoms with E-state index in [0.717, 1.165) is 0 Å². The van der Waals surface area contributed by atoms with Crippen molar-refractivity contribution >= 4 is 99.8 Å². The Bertz CT molecular complexity index is 3320. The van der Waals surface area contributed by atoms with Gasteiger partial charge in [-0.25, -0.2) is 34.0 Å². The number of rotatable bonds is 15. The van der Waals surface area contributed by atoms with Crippen molar-refractivity contribution in [2.45, 2.75) is 53.2 Å². The average Bonchev–Trinajstić information content (AvgIpc) is 4.26. The summed E-state index contributed by atoms with van der Waals surface area (Å²) in [7, 11) is 2.90.